The van der Waals surface area contributed by atoms with Crippen molar-refractivity contribution in [2.75, 3.05) is 29.9 Å². The first-order valence-corrected chi connectivity index (χ1v) is 8.40. The molecule has 8 heteroatoms. The Morgan fingerprint density at radius 3 is 2.62 bits per heavy atom. The maximum absolute atomic E-state index is 12.3. The number of amides is 4. The van der Waals surface area contributed by atoms with Crippen molar-refractivity contribution in [2.24, 2.45) is 0 Å². The first-order chi connectivity index (χ1) is 12.5. The molecule has 1 aliphatic heterocycles. The SMILES string of the molecule is O=C(CNC(=O)c1cccc(N2CCNC2=O)c1)Nc1ccc(Cl)cc1. The predicted octanol–water partition coefficient (Wildman–Crippen LogP) is 2.24. The number of halogens is 1. The summed E-state index contributed by atoms with van der Waals surface area (Å²) in [4.78, 5) is 37.5. The van der Waals surface area contributed by atoms with Gasteiger partial charge in [-0.15, -0.1) is 0 Å². The number of hydrogen-bond donors (Lipinski definition) is 3. The van der Waals surface area contributed by atoms with E-state index in [1.807, 2.05) is 0 Å². The molecule has 3 N–H and O–H groups in total. The Labute approximate surface area is 155 Å². The fourth-order valence-corrected chi connectivity index (χ4v) is 2.66. The highest BCUT2D eigenvalue weighted by atomic mass is 35.5. The molecule has 0 unspecified atom stereocenters. The molecule has 3 rings (SSSR count). The number of anilines is 2. The van der Waals surface area contributed by atoms with Crippen molar-refractivity contribution >= 4 is 40.8 Å². The molecule has 1 heterocycles. The molecule has 7 nitrogen and oxygen atoms in total. The van der Waals surface area contributed by atoms with Gasteiger partial charge in [0, 0.05) is 35.1 Å². The molecule has 0 aromatic heterocycles. The van der Waals surface area contributed by atoms with E-state index >= 15 is 0 Å². The van der Waals surface area contributed by atoms with Gasteiger partial charge in [-0.2, -0.15) is 0 Å². The number of benzene rings is 2. The van der Waals surface area contributed by atoms with E-state index in [-0.39, 0.29) is 18.5 Å². The molecule has 0 aliphatic carbocycles. The van der Waals surface area contributed by atoms with Crippen LogP contribution in [-0.2, 0) is 4.79 Å². The van der Waals surface area contributed by atoms with E-state index in [1.165, 1.54) is 0 Å². The maximum Gasteiger partial charge on any atom is 0.321 e. The molecular formula is C18H17ClN4O3. The van der Waals surface area contributed by atoms with Gasteiger partial charge in [-0.25, -0.2) is 4.79 Å². The van der Waals surface area contributed by atoms with Gasteiger partial charge in [0.15, 0.2) is 0 Å². The van der Waals surface area contributed by atoms with Gasteiger partial charge < -0.3 is 16.0 Å². The second-order valence-electron chi connectivity index (χ2n) is 5.67. The first kappa shape index (κ1) is 17.8. The van der Waals surface area contributed by atoms with Crippen LogP contribution in [0.1, 0.15) is 10.4 Å². The fraction of sp³-hybridized carbons (Fsp3) is 0.167. The van der Waals surface area contributed by atoms with Crippen LogP contribution in [-0.4, -0.2) is 37.5 Å². The van der Waals surface area contributed by atoms with Crippen LogP contribution in [0.25, 0.3) is 0 Å². The van der Waals surface area contributed by atoms with Crippen LogP contribution < -0.4 is 20.9 Å². The van der Waals surface area contributed by atoms with Crippen molar-refractivity contribution in [1.82, 2.24) is 10.6 Å². The van der Waals surface area contributed by atoms with Gasteiger partial charge in [0.05, 0.1) is 6.54 Å². The zero-order chi connectivity index (χ0) is 18.5. The Balaban J connectivity index is 1.57. The zero-order valence-corrected chi connectivity index (χ0v) is 14.5. The number of carbonyl (C=O) groups is 3. The van der Waals surface area contributed by atoms with Crippen molar-refractivity contribution in [3.63, 3.8) is 0 Å². The number of nitrogens with one attached hydrogen (secondary N) is 3. The third kappa shape index (κ3) is 4.31. The largest absolute Gasteiger partial charge is 0.343 e. The smallest absolute Gasteiger partial charge is 0.321 e. The summed E-state index contributed by atoms with van der Waals surface area (Å²) in [5.74, 6) is -0.742. The van der Waals surface area contributed by atoms with E-state index in [4.69, 9.17) is 11.6 Å². The summed E-state index contributed by atoms with van der Waals surface area (Å²) in [7, 11) is 0. The van der Waals surface area contributed by atoms with Gasteiger partial charge in [0.2, 0.25) is 5.91 Å². The van der Waals surface area contributed by atoms with Crippen molar-refractivity contribution in [2.45, 2.75) is 0 Å². The summed E-state index contributed by atoms with van der Waals surface area (Å²) in [5, 5.41) is 8.51. The van der Waals surface area contributed by atoms with E-state index in [0.717, 1.165) is 0 Å². The van der Waals surface area contributed by atoms with Gasteiger partial charge in [-0.1, -0.05) is 17.7 Å². The highest BCUT2D eigenvalue weighted by molar-refractivity contribution is 6.30. The molecule has 0 spiro atoms. The van der Waals surface area contributed by atoms with E-state index in [0.29, 0.717) is 35.1 Å². The van der Waals surface area contributed by atoms with Gasteiger partial charge in [0.25, 0.3) is 5.91 Å². The van der Waals surface area contributed by atoms with Crippen LogP contribution in [0.3, 0.4) is 0 Å². The molecule has 1 aliphatic rings. The van der Waals surface area contributed by atoms with E-state index in [2.05, 4.69) is 16.0 Å². The van der Waals surface area contributed by atoms with E-state index in [1.54, 1.807) is 53.4 Å². The summed E-state index contributed by atoms with van der Waals surface area (Å²) < 4.78 is 0. The molecule has 0 bridgehead atoms. The molecule has 2 aromatic carbocycles. The monoisotopic (exact) mass is 372 g/mol. The summed E-state index contributed by atoms with van der Waals surface area (Å²) >= 11 is 5.79. The van der Waals surface area contributed by atoms with Crippen molar-refractivity contribution in [3.8, 4) is 0 Å². The van der Waals surface area contributed by atoms with Gasteiger partial charge >= 0.3 is 6.03 Å². The lowest BCUT2D eigenvalue weighted by Gasteiger charge is -2.15. The third-order valence-electron chi connectivity index (χ3n) is 3.81. The average Bonchev–Trinajstić information content (AvgIpc) is 3.08. The van der Waals surface area contributed by atoms with E-state index in [9.17, 15) is 14.4 Å². The van der Waals surface area contributed by atoms with Gasteiger partial charge in [-0.3, -0.25) is 14.5 Å². The molecule has 0 saturated carbocycles. The standard InChI is InChI=1S/C18H17ClN4O3/c19-13-4-6-14(7-5-13)22-16(24)11-21-17(25)12-2-1-3-15(10-12)23-9-8-20-18(23)26/h1-7,10H,8-9,11H2,(H,20,26)(H,21,25)(H,22,24). The number of hydrogen-bond acceptors (Lipinski definition) is 3. The minimum absolute atomic E-state index is 0.171. The molecule has 26 heavy (non-hydrogen) atoms. The van der Waals surface area contributed by atoms with Crippen LogP contribution in [0.15, 0.2) is 48.5 Å². The summed E-state index contributed by atoms with van der Waals surface area (Å²) in [6.07, 6.45) is 0. The quantitative estimate of drug-likeness (QED) is 0.751. The molecule has 0 radical (unpaired) electrons. The number of nitrogens with zero attached hydrogens (tertiary/aromatic N) is 1. The lowest BCUT2D eigenvalue weighted by Crippen LogP contribution is -2.33. The Kier molecular flexibility index (Phi) is 5.38. The van der Waals surface area contributed by atoms with E-state index < -0.39 is 5.91 Å². The Hall–Kier alpha value is -3.06. The molecular weight excluding hydrogens is 356 g/mol. The molecule has 4 amide bonds. The highest BCUT2D eigenvalue weighted by Gasteiger charge is 2.21. The predicted molar refractivity (Wildman–Crippen MR) is 99.6 cm³/mol. The second-order valence-corrected chi connectivity index (χ2v) is 6.11. The first-order valence-electron chi connectivity index (χ1n) is 8.02. The topological polar surface area (TPSA) is 90.5 Å². The van der Waals surface area contributed by atoms with Crippen molar-refractivity contribution in [3.05, 3.63) is 59.1 Å². The van der Waals surface area contributed by atoms with Crippen LogP contribution in [0.2, 0.25) is 5.02 Å². The van der Waals surface area contributed by atoms with Gasteiger partial charge in [0.1, 0.15) is 0 Å². The van der Waals surface area contributed by atoms with Crippen LogP contribution in [0.5, 0.6) is 0 Å². The molecule has 1 fully saturated rings. The number of urea groups is 1. The lowest BCUT2D eigenvalue weighted by molar-refractivity contribution is -0.115. The van der Waals surface area contributed by atoms with Crippen LogP contribution in [0.4, 0.5) is 16.2 Å². The second kappa shape index (κ2) is 7.88. The Morgan fingerprint density at radius 2 is 1.92 bits per heavy atom. The van der Waals surface area contributed by atoms with Gasteiger partial charge in [-0.05, 0) is 42.5 Å². The molecule has 134 valence electrons. The Morgan fingerprint density at radius 1 is 1.15 bits per heavy atom. The third-order valence-corrected chi connectivity index (χ3v) is 4.07. The minimum Gasteiger partial charge on any atom is -0.343 e. The maximum atomic E-state index is 12.3. The zero-order valence-electron chi connectivity index (χ0n) is 13.8. The highest BCUT2D eigenvalue weighted by Crippen LogP contribution is 2.18. The number of carbonyl (C=O) groups excluding carboxylic acids is 3. The summed E-state index contributed by atoms with van der Waals surface area (Å²) in [6.45, 7) is 0.948. The number of rotatable bonds is 5. The molecule has 1 saturated heterocycles. The summed E-state index contributed by atoms with van der Waals surface area (Å²) in [6, 6.07) is 13.2. The van der Waals surface area contributed by atoms with Crippen molar-refractivity contribution in [1.29, 1.82) is 0 Å². The lowest BCUT2D eigenvalue weighted by atomic mass is 10.1. The summed E-state index contributed by atoms with van der Waals surface area (Å²) in [5.41, 5.74) is 1.61. The van der Waals surface area contributed by atoms with Crippen LogP contribution in [0, 0.1) is 0 Å². The average molecular weight is 373 g/mol. The molecule has 2 aromatic rings. The minimum atomic E-state index is -0.391. The Bertz CT molecular complexity index is 839. The molecule has 0 atom stereocenters. The fourth-order valence-electron chi connectivity index (χ4n) is 2.53. The van der Waals surface area contributed by atoms with Crippen molar-refractivity contribution < 1.29 is 14.4 Å². The van der Waals surface area contributed by atoms with Crippen LogP contribution >= 0.6 is 11.6 Å². The normalized spacial score (nSPS) is 13.3.